The second kappa shape index (κ2) is 8.34. The molecule has 1 rings (SSSR count). The second-order valence-corrected chi connectivity index (χ2v) is 5.40. The van der Waals surface area contributed by atoms with Gasteiger partial charge in [0.25, 0.3) is 0 Å². The Bertz CT molecular complexity index is 477. The van der Waals surface area contributed by atoms with Crippen LogP contribution < -0.4 is 5.32 Å². The summed E-state index contributed by atoms with van der Waals surface area (Å²) in [4.78, 5) is 14.1. The van der Waals surface area contributed by atoms with Crippen LogP contribution in [0.2, 0.25) is 0 Å². The van der Waals surface area contributed by atoms with Gasteiger partial charge in [0.2, 0.25) is 5.91 Å². The number of nitriles is 1. The zero-order chi connectivity index (χ0) is 15.0. The Morgan fingerprint density at radius 1 is 1.40 bits per heavy atom. The summed E-state index contributed by atoms with van der Waals surface area (Å²) in [7, 11) is 0. The van der Waals surface area contributed by atoms with Crippen LogP contribution in [0, 0.1) is 24.2 Å². The maximum Gasteiger partial charge on any atom is 0.238 e. The van der Waals surface area contributed by atoms with Crippen molar-refractivity contribution < 1.29 is 4.79 Å². The van der Waals surface area contributed by atoms with E-state index in [0.29, 0.717) is 25.4 Å². The highest BCUT2D eigenvalue weighted by Gasteiger charge is 2.12. The molecule has 1 amide bonds. The van der Waals surface area contributed by atoms with Crippen molar-refractivity contribution in [1.29, 1.82) is 5.26 Å². The molecule has 0 saturated carbocycles. The number of aryl methyl sites for hydroxylation is 1. The van der Waals surface area contributed by atoms with Crippen LogP contribution in [0.4, 0.5) is 5.69 Å². The molecule has 0 aliphatic rings. The van der Waals surface area contributed by atoms with Gasteiger partial charge in [0.1, 0.15) is 0 Å². The smallest absolute Gasteiger partial charge is 0.238 e. The van der Waals surface area contributed by atoms with E-state index >= 15 is 0 Å². The van der Waals surface area contributed by atoms with Gasteiger partial charge in [-0.05, 0) is 24.5 Å². The number of nitrogens with zero attached hydrogens (tertiary/aromatic N) is 2. The summed E-state index contributed by atoms with van der Waals surface area (Å²) in [5, 5.41) is 11.6. The second-order valence-electron chi connectivity index (χ2n) is 5.40. The summed E-state index contributed by atoms with van der Waals surface area (Å²) in [6, 6.07) is 9.85. The summed E-state index contributed by atoms with van der Waals surface area (Å²) >= 11 is 0. The fraction of sp³-hybridized carbons (Fsp3) is 0.500. The predicted octanol–water partition coefficient (Wildman–Crippen LogP) is 2.81. The van der Waals surface area contributed by atoms with E-state index in [1.54, 1.807) is 0 Å². The van der Waals surface area contributed by atoms with Crippen molar-refractivity contribution in [1.82, 2.24) is 4.90 Å². The van der Waals surface area contributed by atoms with E-state index in [9.17, 15) is 4.79 Å². The maximum atomic E-state index is 12.1. The monoisotopic (exact) mass is 273 g/mol. The lowest BCUT2D eigenvalue weighted by Crippen LogP contribution is -2.36. The van der Waals surface area contributed by atoms with Crippen LogP contribution in [0.5, 0.6) is 0 Å². The molecule has 0 radical (unpaired) electrons. The number of hydrogen-bond acceptors (Lipinski definition) is 3. The minimum absolute atomic E-state index is 0.0297. The molecule has 0 atom stereocenters. The van der Waals surface area contributed by atoms with Gasteiger partial charge in [0.05, 0.1) is 12.6 Å². The van der Waals surface area contributed by atoms with E-state index in [-0.39, 0.29) is 5.91 Å². The summed E-state index contributed by atoms with van der Waals surface area (Å²) < 4.78 is 0. The van der Waals surface area contributed by atoms with Gasteiger partial charge in [-0.25, -0.2) is 0 Å². The SMILES string of the molecule is Cc1ccccc1NC(=O)CN(CCC#N)CC(C)C. The van der Waals surface area contributed by atoms with E-state index < -0.39 is 0 Å². The number of amides is 1. The molecule has 1 aromatic carbocycles. The van der Waals surface area contributed by atoms with Crippen molar-refractivity contribution >= 4 is 11.6 Å². The van der Waals surface area contributed by atoms with Crippen molar-refractivity contribution in [3.63, 3.8) is 0 Å². The van der Waals surface area contributed by atoms with Crippen LogP contribution in [-0.4, -0.2) is 30.4 Å². The highest BCUT2D eigenvalue weighted by atomic mass is 16.2. The largest absolute Gasteiger partial charge is 0.325 e. The number of carbonyl (C=O) groups excluding carboxylic acids is 1. The molecule has 0 bridgehead atoms. The zero-order valence-electron chi connectivity index (χ0n) is 12.5. The molecule has 0 fully saturated rings. The van der Waals surface area contributed by atoms with Crippen molar-refractivity contribution in [3.05, 3.63) is 29.8 Å². The van der Waals surface area contributed by atoms with Gasteiger partial charge in [-0.3, -0.25) is 9.69 Å². The third-order valence-electron chi connectivity index (χ3n) is 2.95. The summed E-state index contributed by atoms with van der Waals surface area (Å²) in [5.74, 6) is 0.442. The number of nitrogens with one attached hydrogen (secondary N) is 1. The lowest BCUT2D eigenvalue weighted by Gasteiger charge is -2.22. The van der Waals surface area contributed by atoms with Crippen LogP contribution in [0.15, 0.2) is 24.3 Å². The molecular formula is C16H23N3O. The normalized spacial score (nSPS) is 10.6. The Balaban J connectivity index is 2.57. The highest BCUT2D eigenvalue weighted by molar-refractivity contribution is 5.92. The van der Waals surface area contributed by atoms with Crippen LogP contribution in [0.3, 0.4) is 0 Å². The van der Waals surface area contributed by atoms with Crippen molar-refractivity contribution in [3.8, 4) is 6.07 Å². The van der Waals surface area contributed by atoms with Gasteiger partial charge < -0.3 is 5.32 Å². The van der Waals surface area contributed by atoms with Crippen LogP contribution in [-0.2, 0) is 4.79 Å². The zero-order valence-corrected chi connectivity index (χ0v) is 12.5. The Kier molecular flexibility index (Phi) is 6.75. The molecule has 0 aliphatic carbocycles. The van der Waals surface area contributed by atoms with Crippen molar-refractivity contribution in [2.24, 2.45) is 5.92 Å². The Hall–Kier alpha value is -1.86. The Morgan fingerprint density at radius 3 is 2.70 bits per heavy atom. The summed E-state index contributed by atoms with van der Waals surface area (Å²) in [6.45, 7) is 7.97. The number of carbonyl (C=O) groups is 1. The molecule has 0 spiro atoms. The maximum absolute atomic E-state index is 12.1. The summed E-state index contributed by atoms with van der Waals surface area (Å²) in [6.07, 6.45) is 0.449. The lowest BCUT2D eigenvalue weighted by molar-refractivity contribution is -0.117. The number of rotatable bonds is 7. The first-order valence-electron chi connectivity index (χ1n) is 6.97. The number of benzene rings is 1. The third kappa shape index (κ3) is 5.85. The standard InChI is InChI=1S/C16H23N3O/c1-13(2)11-19(10-6-9-17)12-16(20)18-15-8-5-4-7-14(15)3/h4-5,7-8,13H,6,10-12H2,1-3H3,(H,18,20). The number of hydrogen-bond donors (Lipinski definition) is 1. The average Bonchev–Trinajstić information content (AvgIpc) is 2.38. The number of anilines is 1. The molecule has 1 N–H and O–H groups in total. The van der Waals surface area contributed by atoms with E-state index in [4.69, 9.17) is 5.26 Å². The Morgan fingerprint density at radius 2 is 2.10 bits per heavy atom. The molecule has 0 aliphatic heterocycles. The quantitative estimate of drug-likeness (QED) is 0.831. The minimum Gasteiger partial charge on any atom is -0.325 e. The first kappa shape index (κ1) is 16.2. The van der Waals surface area contributed by atoms with Gasteiger partial charge in [0.15, 0.2) is 0 Å². The van der Waals surface area contributed by atoms with Crippen LogP contribution >= 0.6 is 0 Å². The first-order valence-corrected chi connectivity index (χ1v) is 6.97. The van der Waals surface area contributed by atoms with E-state index in [0.717, 1.165) is 17.8 Å². The van der Waals surface area contributed by atoms with Crippen molar-refractivity contribution in [2.45, 2.75) is 27.2 Å². The van der Waals surface area contributed by atoms with Crippen LogP contribution in [0.25, 0.3) is 0 Å². The van der Waals surface area contributed by atoms with Gasteiger partial charge in [-0.1, -0.05) is 32.0 Å². The van der Waals surface area contributed by atoms with Crippen molar-refractivity contribution in [2.75, 3.05) is 25.0 Å². The molecule has 0 unspecified atom stereocenters. The summed E-state index contributed by atoms with van der Waals surface area (Å²) in [5.41, 5.74) is 1.90. The predicted molar refractivity (Wildman–Crippen MR) is 81.3 cm³/mol. The molecule has 20 heavy (non-hydrogen) atoms. The molecular weight excluding hydrogens is 250 g/mol. The van der Waals surface area contributed by atoms with E-state index in [2.05, 4.69) is 25.2 Å². The van der Waals surface area contributed by atoms with Gasteiger partial charge >= 0.3 is 0 Å². The Labute approximate surface area is 121 Å². The molecule has 108 valence electrons. The third-order valence-corrected chi connectivity index (χ3v) is 2.95. The van der Waals surface area contributed by atoms with Crippen LogP contribution in [0.1, 0.15) is 25.8 Å². The highest BCUT2D eigenvalue weighted by Crippen LogP contribution is 2.13. The molecule has 4 heteroatoms. The minimum atomic E-state index is -0.0297. The fourth-order valence-corrected chi connectivity index (χ4v) is 2.07. The van der Waals surface area contributed by atoms with Gasteiger partial charge in [-0.2, -0.15) is 5.26 Å². The van der Waals surface area contributed by atoms with E-state index in [1.165, 1.54) is 0 Å². The topological polar surface area (TPSA) is 56.1 Å². The molecule has 0 saturated heterocycles. The first-order chi connectivity index (χ1) is 9.52. The fourth-order valence-electron chi connectivity index (χ4n) is 2.07. The lowest BCUT2D eigenvalue weighted by atomic mass is 10.2. The molecule has 0 heterocycles. The average molecular weight is 273 g/mol. The molecule has 4 nitrogen and oxygen atoms in total. The molecule has 1 aromatic rings. The molecule has 0 aromatic heterocycles. The number of para-hydroxylation sites is 1. The van der Waals surface area contributed by atoms with Gasteiger partial charge in [0, 0.05) is 25.2 Å². The van der Waals surface area contributed by atoms with Gasteiger partial charge in [-0.15, -0.1) is 0 Å². The van der Waals surface area contributed by atoms with E-state index in [1.807, 2.05) is 36.1 Å².